The predicted octanol–water partition coefficient (Wildman–Crippen LogP) is 2.71. The quantitative estimate of drug-likeness (QED) is 0.859. The fraction of sp³-hybridized carbons (Fsp3) is 0.727. The molecule has 0 aliphatic carbocycles. The number of halogens is 3. The van der Waals surface area contributed by atoms with E-state index >= 15 is 0 Å². The van der Waals surface area contributed by atoms with Gasteiger partial charge < -0.3 is 11.1 Å². The Labute approximate surface area is 104 Å². The molecule has 0 amide bonds. The number of aromatic nitrogens is 2. The van der Waals surface area contributed by atoms with E-state index in [-0.39, 0.29) is 0 Å². The van der Waals surface area contributed by atoms with Crippen molar-refractivity contribution in [2.75, 3.05) is 11.1 Å². The molecular weight excluding hydrogens is 245 g/mol. The number of hydrogen-bond acceptors (Lipinski definition) is 3. The lowest BCUT2D eigenvalue weighted by molar-refractivity contribution is -0.136. The maximum Gasteiger partial charge on any atom is 0.391 e. The molecular formula is C11H19F3N4. The molecule has 0 saturated carbocycles. The third kappa shape index (κ3) is 3.82. The van der Waals surface area contributed by atoms with Crippen LogP contribution in [0.5, 0.6) is 0 Å². The smallest absolute Gasteiger partial charge is 0.391 e. The van der Waals surface area contributed by atoms with Crippen molar-refractivity contribution in [2.45, 2.75) is 45.3 Å². The topological polar surface area (TPSA) is 55.9 Å². The van der Waals surface area contributed by atoms with Crippen molar-refractivity contribution >= 4 is 11.5 Å². The van der Waals surface area contributed by atoms with Crippen LogP contribution in [0.2, 0.25) is 0 Å². The molecule has 0 spiro atoms. The molecule has 1 heterocycles. The molecule has 0 aliphatic rings. The zero-order chi connectivity index (χ0) is 13.9. The van der Waals surface area contributed by atoms with Crippen LogP contribution in [0.4, 0.5) is 24.7 Å². The average molecular weight is 264 g/mol. The van der Waals surface area contributed by atoms with E-state index < -0.39 is 18.6 Å². The maximum absolute atomic E-state index is 12.2. The van der Waals surface area contributed by atoms with E-state index in [1.807, 2.05) is 6.92 Å². The summed E-state index contributed by atoms with van der Waals surface area (Å²) in [5.41, 5.74) is 7.04. The number of anilines is 2. The molecule has 0 saturated heterocycles. The zero-order valence-electron chi connectivity index (χ0n) is 10.8. The third-order valence-corrected chi connectivity index (χ3v) is 2.57. The summed E-state index contributed by atoms with van der Waals surface area (Å²) >= 11 is 0. The van der Waals surface area contributed by atoms with Crippen molar-refractivity contribution < 1.29 is 13.2 Å². The Morgan fingerprint density at radius 1 is 1.44 bits per heavy atom. The SMILES string of the molecule is CCCc1nn(C)c(NC(C)CC(F)(F)F)c1N. The Balaban J connectivity index is 2.78. The Morgan fingerprint density at radius 3 is 2.56 bits per heavy atom. The van der Waals surface area contributed by atoms with Crippen LogP contribution in [-0.2, 0) is 13.5 Å². The van der Waals surface area contributed by atoms with Gasteiger partial charge >= 0.3 is 6.18 Å². The fourth-order valence-corrected chi connectivity index (χ4v) is 1.82. The summed E-state index contributed by atoms with van der Waals surface area (Å²) in [7, 11) is 1.66. The third-order valence-electron chi connectivity index (χ3n) is 2.57. The minimum atomic E-state index is -4.19. The van der Waals surface area contributed by atoms with Crippen LogP contribution in [0.3, 0.4) is 0 Å². The first-order valence-electron chi connectivity index (χ1n) is 5.89. The maximum atomic E-state index is 12.2. The summed E-state index contributed by atoms with van der Waals surface area (Å²) in [5, 5.41) is 6.97. The monoisotopic (exact) mass is 264 g/mol. The zero-order valence-corrected chi connectivity index (χ0v) is 10.8. The van der Waals surface area contributed by atoms with Gasteiger partial charge in [-0.25, -0.2) is 0 Å². The summed E-state index contributed by atoms with van der Waals surface area (Å²) in [5.74, 6) is 0.454. The highest BCUT2D eigenvalue weighted by atomic mass is 19.4. The number of nitrogens with zero attached hydrogens (tertiary/aromatic N) is 2. The molecule has 0 radical (unpaired) electrons. The number of nitrogen functional groups attached to an aromatic ring is 1. The van der Waals surface area contributed by atoms with Crippen molar-refractivity contribution in [1.82, 2.24) is 9.78 Å². The summed E-state index contributed by atoms with van der Waals surface area (Å²) in [4.78, 5) is 0. The largest absolute Gasteiger partial charge is 0.394 e. The number of nitrogens with two attached hydrogens (primary N) is 1. The molecule has 1 unspecified atom stereocenters. The molecule has 1 aromatic heterocycles. The molecule has 7 heteroatoms. The van der Waals surface area contributed by atoms with Gasteiger partial charge in [0.25, 0.3) is 0 Å². The molecule has 3 N–H and O–H groups in total. The molecule has 104 valence electrons. The lowest BCUT2D eigenvalue weighted by Gasteiger charge is -2.17. The molecule has 1 atom stereocenters. The highest BCUT2D eigenvalue weighted by Crippen LogP contribution is 2.27. The number of alkyl halides is 3. The molecule has 0 aliphatic heterocycles. The fourth-order valence-electron chi connectivity index (χ4n) is 1.82. The summed E-state index contributed by atoms with van der Waals surface area (Å²) < 4.78 is 38.2. The van der Waals surface area contributed by atoms with E-state index in [0.717, 1.165) is 18.5 Å². The van der Waals surface area contributed by atoms with E-state index in [1.54, 1.807) is 7.05 Å². The Morgan fingerprint density at radius 2 is 2.06 bits per heavy atom. The number of hydrogen-bond donors (Lipinski definition) is 2. The van der Waals surface area contributed by atoms with Crippen LogP contribution in [0.1, 0.15) is 32.4 Å². The second-order valence-electron chi connectivity index (χ2n) is 4.45. The Bertz CT molecular complexity index is 398. The van der Waals surface area contributed by atoms with E-state index in [9.17, 15) is 13.2 Å². The summed E-state index contributed by atoms with van der Waals surface area (Å²) in [6.07, 6.45) is -3.49. The van der Waals surface area contributed by atoms with Gasteiger partial charge in [0.2, 0.25) is 0 Å². The van der Waals surface area contributed by atoms with E-state index in [4.69, 9.17) is 5.73 Å². The first-order valence-corrected chi connectivity index (χ1v) is 5.89. The van der Waals surface area contributed by atoms with Crippen LogP contribution in [-0.4, -0.2) is 22.0 Å². The van der Waals surface area contributed by atoms with Crippen LogP contribution >= 0.6 is 0 Å². The summed E-state index contributed by atoms with van der Waals surface area (Å²) in [6.45, 7) is 3.47. The Kier molecular flexibility index (Phi) is 4.48. The van der Waals surface area contributed by atoms with Crippen molar-refractivity contribution in [1.29, 1.82) is 0 Å². The first kappa shape index (κ1) is 14.7. The van der Waals surface area contributed by atoms with Crippen LogP contribution in [0, 0.1) is 0 Å². The van der Waals surface area contributed by atoms with Gasteiger partial charge in [-0.3, -0.25) is 4.68 Å². The summed E-state index contributed by atoms with van der Waals surface area (Å²) in [6, 6.07) is -0.739. The predicted molar refractivity (Wildman–Crippen MR) is 65.4 cm³/mol. The van der Waals surface area contributed by atoms with Crippen LogP contribution in [0.15, 0.2) is 0 Å². The van der Waals surface area contributed by atoms with Gasteiger partial charge in [0.05, 0.1) is 17.8 Å². The molecule has 0 bridgehead atoms. The van der Waals surface area contributed by atoms with Crippen LogP contribution in [0.25, 0.3) is 0 Å². The van der Waals surface area contributed by atoms with Gasteiger partial charge in [0, 0.05) is 13.1 Å². The molecule has 1 rings (SSSR count). The minimum Gasteiger partial charge on any atom is -0.394 e. The number of aryl methyl sites for hydroxylation is 2. The molecule has 0 fully saturated rings. The lowest BCUT2D eigenvalue weighted by atomic mass is 10.2. The van der Waals surface area contributed by atoms with Crippen molar-refractivity contribution in [3.8, 4) is 0 Å². The number of rotatable bonds is 5. The van der Waals surface area contributed by atoms with Gasteiger partial charge in [-0.15, -0.1) is 0 Å². The van der Waals surface area contributed by atoms with Crippen molar-refractivity contribution in [2.24, 2.45) is 7.05 Å². The first-order chi connectivity index (χ1) is 8.24. The highest BCUT2D eigenvalue weighted by Gasteiger charge is 2.30. The van der Waals surface area contributed by atoms with E-state index in [0.29, 0.717) is 11.5 Å². The van der Waals surface area contributed by atoms with Crippen molar-refractivity contribution in [3.05, 3.63) is 5.69 Å². The molecule has 0 aromatic carbocycles. The molecule has 1 aromatic rings. The van der Waals surface area contributed by atoms with Gasteiger partial charge in [0.15, 0.2) is 0 Å². The van der Waals surface area contributed by atoms with Gasteiger partial charge in [0.1, 0.15) is 5.82 Å². The van der Waals surface area contributed by atoms with E-state index in [1.165, 1.54) is 11.6 Å². The van der Waals surface area contributed by atoms with Crippen molar-refractivity contribution in [3.63, 3.8) is 0 Å². The number of nitrogens with one attached hydrogen (secondary N) is 1. The van der Waals surface area contributed by atoms with Gasteiger partial charge in [-0.2, -0.15) is 18.3 Å². The Hall–Kier alpha value is -1.40. The lowest BCUT2D eigenvalue weighted by Crippen LogP contribution is -2.25. The van der Waals surface area contributed by atoms with Crippen LogP contribution < -0.4 is 11.1 Å². The van der Waals surface area contributed by atoms with Gasteiger partial charge in [-0.05, 0) is 13.3 Å². The minimum absolute atomic E-state index is 0.438. The second-order valence-corrected chi connectivity index (χ2v) is 4.45. The molecule has 18 heavy (non-hydrogen) atoms. The normalized spacial score (nSPS) is 13.7. The average Bonchev–Trinajstić information content (AvgIpc) is 2.44. The van der Waals surface area contributed by atoms with E-state index in [2.05, 4.69) is 10.4 Å². The van der Waals surface area contributed by atoms with Gasteiger partial charge in [-0.1, -0.05) is 13.3 Å². The highest BCUT2D eigenvalue weighted by molar-refractivity contribution is 5.65. The standard InChI is InChI=1S/C11H19F3N4/c1-4-5-8-9(15)10(18(3)17-8)16-7(2)6-11(12,13)14/h7,16H,4-6,15H2,1-3H3. The second kappa shape index (κ2) is 5.49. The molecule has 4 nitrogen and oxygen atoms in total.